The predicted molar refractivity (Wildman–Crippen MR) is 73.1 cm³/mol. The van der Waals surface area contributed by atoms with Gasteiger partial charge in [-0.25, -0.2) is 0 Å². The fourth-order valence-corrected chi connectivity index (χ4v) is 2.51. The van der Waals surface area contributed by atoms with Gasteiger partial charge in [-0.15, -0.1) is 0 Å². The average Bonchev–Trinajstić information content (AvgIpc) is 2.75. The maximum absolute atomic E-state index is 3.67. The van der Waals surface area contributed by atoms with E-state index in [0.717, 1.165) is 6.54 Å². The quantitative estimate of drug-likeness (QED) is 0.858. The fraction of sp³-hybridized carbons (Fsp3) is 0.600. The second-order valence-electron chi connectivity index (χ2n) is 5.44. The van der Waals surface area contributed by atoms with Crippen LogP contribution in [0.25, 0.3) is 0 Å². The molecule has 1 aliphatic heterocycles. The minimum absolute atomic E-state index is 0.665. The molecule has 0 amide bonds. The van der Waals surface area contributed by atoms with Gasteiger partial charge in [0.2, 0.25) is 0 Å². The Labute approximate surface area is 105 Å². The van der Waals surface area contributed by atoms with Crippen LogP contribution < -0.4 is 5.32 Å². The van der Waals surface area contributed by atoms with E-state index >= 15 is 0 Å². The van der Waals surface area contributed by atoms with Gasteiger partial charge in [0.05, 0.1) is 0 Å². The van der Waals surface area contributed by atoms with Crippen molar-refractivity contribution in [3.8, 4) is 0 Å². The molecule has 1 atom stereocenters. The maximum atomic E-state index is 3.67. The van der Waals surface area contributed by atoms with Gasteiger partial charge in [0.1, 0.15) is 0 Å². The summed E-state index contributed by atoms with van der Waals surface area (Å²) in [6.07, 6.45) is 1.28. The maximum Gasteiger partial charge on any atom is 0.0210 e. The standard InChI is InChI=1S/C15H24N2/c1-12(2)17-8-7-15(11-17)16-10-14-6-4-5-13(3)9-14/h4-6,9,12,15-16H,7-8,10-11H2,1-3H3. The summed E-state index contributed by atoms with van der Waals surface area (Å²) in [5.74, 6) is 0. The molecule has 0 aliphatic carbocycles. The predicted octanol–water partition coefficient (Wildman–Crippen LogP) is 2.57. The lowest BCUT2D eigenvalue weighted by Gasteiger charge is -2.20. The Hall–Kier alpha value is -0.860. The largest absolute Gasteiger partial charge is 0.309 e. The van der Waals surface area contributed by atoms with Crippen LogP contribution in [-0.2, 0) is 6.54 Å². The van der Waals surface area contributed by atoms with Gasteiger partial charge in [-0.1, -0.05) is 29.8 Å². The summed E-state index contributed by atoms with van der Waals surface area (Å²) in [7, 11) is 0. The minimum atomic E-state index is 0.665. The van der Waals surface area contributed by atoms with Crippen LogP contribution >= 0.6 is 0 Å². The Bertz CT molecular complexity index is 360. The molecule has 94 valence electrons. The van der Waals surface area contributed by atoms with Gasteiger partial charge in [-0.3, -0.25) is 4.90 Å². The molecule has 0 saturated carbocycles. The van der Waals surface area contributed by atoms with Crippen molar-refractivity contribution < 1.29 is 0 Å². The van der Waals surface area contributed by atoms with Gasteiger partial charge in [0, 0.05) is 25.2 Å². The van der Waals surface area contributed by atoms with E-state index < -0.39 is 0 Å². The third-order valence-corrected chi connectivity index (χ3v) is 3.63. The topological polar surface area (TPSA) is 15.3 Å². The Morgan fingerprint density at radius 3 is 2.88 bits per heavy atom. The normalized spacial score (nSPS) is 21.3. The second-order valence-corrected chi connectivity index (χ2v) is 5.44. The lowest BCUT2D eigenvalue weighted by atomic mass is 10.1. The highest BCUT2D eigenvalue weighted by Crippen LogP contribution is 2.13. The average molecular weight is 232 g/mol. The smallest absolute Gasteiger partial charge is 0.0210 e. The zero-order chi connectivity index (χ0) is 12.3. The van der Waals surface area contributed by atoms with Crippen LogP contribution in [0.2, 0.25) is 0 Å². The van der Waals surface area contributed by atoms with Gasteiger partial charge in [0.15, 0.2) is 0 Å². The monoisotopic (exact) mass is 232 g/mol. The summed E-state index contributed by atoms with van der Waals surface area (Å²) in [6.45, 7) is 10.1. The molecule has 1 aromatic carbocycles. The lowest BCUT2D eigenvalue weighted by molar-refractivity contribution is 0.268. The zero-order valence-electron chi connectivity index (χ0n) is 11.2. The first-order valence-electron chi connectivity index (χ1n) is 6.68. The molecule has 0 spiro atoms. The molecule has 1 saturated heterocycles. The van der Waals surface area contributed by atoms with Crippen molar-refractivity contribution in [1.82, 2.24) is 10.2 Å². The first-order chi connectivity index (χ1) is 8.15. The van der Waals surface area contributed by atoms with E-state index in [9.17, 15) is 0 Å². The molecule has 1 N–H and O–H groups in total. The number of nitrogens with zero attached hydrogens (tertiary/aromatic N) is 1. The Morgan fingerprint density at radius 2 is 2.24 bits per heavy atom. The third-order valence-electron chi connectivity index (χ3n) is 3.63. The Kier molecular flexibility index (Phi) is 4.19. The van der Waals surface area contributed by atoms with Crippen molar-refractivity contribution in [2.45, 2.75) is 45.8 Å². The number of rotatable bonds is 4. The molecule has 0 aromatic heterocycles. The van der Waals surface area contributed by atoms with Crippen molar-refractivity contribution in [2.24, 2.45) is 0 Å². The summed E-state index contributed by atoms with van der Waals surface area (Å²) < 4.78 is 0. The molecular weight excluding hydrogens is 208 g/mol. The second kappa shape index (κ2) is 5.65. The van der Waals surface area contributed by atoms with Crippen LogP contribution in [0.4, 0.5) is 0 Å². The molecule has 0 bridgehead atoms. The zero-order valence-corrected chi connectivity index (χ0v) is 11.2. The number of aryl methyl sites for hydroxylation is 1. The van der Waals surface area contributed by atoms with E-state index in [2.05, 4.69) is 55.3 Å². The highest BCUT2D eigenvalue weighted by Gasteiger charge is 2.23. The lowest BCUT2D eigenvalue weighted by Crippen LogP contribution is -2.34. The Balaban J connectivity index is 1.80. The van der Waals surface area contributed by atoms with E-state index in [4.69, 9.17) is 0 Å². The molecule has 1 heterocycles. The summed E-state index contributed by atoms with van der Waals surface area (Å²) in [5, 5.41) is 3.67. The van der Waals surface area contributed by atoms with Crippen molar-refractivity contribution >= 4 is 0 Å². The SMILES string of the molecule is Cc1cccc(CNC2CCN(C(C)C)C2)c1. The molecule has 2 rings (SSSR count). The number of hydrogen-bond acceptors (Lipinski definition) is 2. The summed E-state index contributed by atoms with van der Waals surface area (Å²) in [4.78, 5) is 2.55. The number of hydrogen-bond donors (Lipinski definition) is 1. The highest BCUT2D eigenvalue weighted by molar-refractivity contribution is 5.22. The van der Waals surface area contributed by atoms with E-state index in [-0.39, 0.29) is 0 Å². The van der Waals surface area contributed by atoms with E-state index in [1.807, 2.05) is 0 Å². The van der Waals surface area contributed by atoms with Crippen molar-refractivity contribution in [1.29, 1.82) is 0 Å². The van der Waals surface area contributed by atoms with Gasteiger partial charge in [-0.05, 0) is 39.3 Å². The highest BCUT2D eigenvalue weighted by atomic mass is 15.2. The molecule has 1 fully saturated rings. The first kappa shape index (κ1) is 12.6. The number of nitrogens with one attached hydrogen (secondary N) is 1. The molecule has 1 aliphatic rings. The van der Waals surface area contributed by atoms with Crippen LogP contribution in [0.15, 0.2) is 24.3 Å². The first-order valence-corrected chi connectivity index (χ1v) is 6.68. The van der Waals surface area contributed by atoms with Crippen LogP contribution in [0.5, 0.6) is 0 Å². The van der Waals surface area contributed by atoms with Crippen LogP contribution in [-0.4, -0.2) is 30.1 Å². The summed E-state index contributed by atoms with van der Waals surface area (Å²) >= 11 is 0. The third kappa shape index (κ3) is 3.55. The Morgan fingerprint density at radius 1 is 1.41 bits per heavy atom. The molecule has 2 nitrogen and oxygen atoms in total. The van der Waals surface area contributed by atoms with Crippen LogP contribution in [0.1, 0.15) is 31.4 Å². The summed E-state index contributed by atoms with van der Waals surface area (Å²) in [5.41, 5.74) is 2.74. The molecular formula is C15H24N2. The van der Waals surface area contributed by atoms with Crippen LogP contribution in [0, 0.1) is 6.92 Å². The van der Waals surface area contributed by atoms with Crippen LogP contribution in [0.3, 0.4) is 0 Å². The molecule has 17 heavy (non-hydrogen) atoms. The number of benzene rings is 1. The van der Waals surface area contributed by atoms with Gasteiger partial charge in [-0.2, -0.15) is 0 Å². The van der Waals surface area contributed by atoms with Gasteiger partial charge in [0.25, 0.3) is 0 Å². The van der Waals surface area contributed by atoms with E-state index in [0.29, 0.717) is 12.1 Å². The van der Waals surface area contributed by atoms with Crippen molar-refractivity contribution in [2.75, 3.05) is 13.1 Å². The van der Waals surface area contributed by atoms with Gasteiger partial charge < -0.3 is 5.32 Å². The van der Waals surface area contributed by atoms with E-state index in [1.165, 1.54) is 30.6 Å². The summed E-state index contributed by atoms with van der Waals surface area (Å²) in [6, 6.07) is 10.1. The molecule has 1 aromatic rings. The van der Waals surface area contributed by atoms with Crippen molar-refractivity contribution in [3.63, 3.8) is 0 Å². The molecule has 0 radical (unpaired) electrons. The van der Waals surface area contributed by atoms with Gasteiger partial charge >= 0.3 is 0 Å². The van der Waals surface area contributed by atoms with E-state index in [1.54, 1.807) is 0 Å². The fourth-order valence-electron chi connectivity index (χ4n) is 2.51. The molecule has 1 unspecified atom stereocenters. The molecule has 2 heteroatoms. The van der Waals surface area contributed by atoms with Crippen molar-refractivity contribution in [3.05, 3.63) is 35.4 Å². The minimum Gasteiger partial charge on any atom is -0.309 e. The number of likely N-dealkylation sites (tertiary alicyclic amines) is 1.